The van der Waals surface area contributed by atoms with Gasteiger partial charge in [0, 0.05) is 9.50 Å². The second-order valence-electron chi connectivity index (χ2n) is 2.90. The molecule has 0 saturated heterocycles. The fourth-order valence-electron chi connectivity index (χ4n) is 1.14. The highest BCUT2D eigenvalue weighted by Crippen LogP contribution is 2.35. The molecule has 0 aliphatic carbocycles. The van der Waals surface area contributed by atoms with Gasteiger partial charge in [-0.15, -0.1) is 22.9 Å². The maximum atomic E-state index is 5.97. The van der Waals surface area contributed by atoms with E-state index in [2.05, 4.69) is 20.9 Å². The zero-order valence-electron chi connectivity index (χ0n) is 7.22. The van der Waals surface area contributed by atoms with E-state index >= 15 is 0 Å². The Labute approximate surface area is 104 Å². The van der Waals surface area contributed by atoms with Crippen LogP contribution in [0.3, 0.4) is 0 Å². The second-order valence-corrected chi connectivity index (χ2v) is 5.91. The summed E-state index contributed by atoms with van der Waals surface area (Å²) in [7, 11) is 0. The fourth-order valence-corrected chi connectivity index (χ4v) is 3.38. The minimum atomic E-state index is -0.0573. The molecule has 0 saturated carbocycles. The molecule has 14 heavy (non-hydrogen) atoms. The van der Waals surface area contributed by atoms with E-state index in [0.717, 1.165) is 19.7 Å². The van der Waals surface area contributed by atoms with Crippen LogP contribution in [0.5, 0.6) is 0 Å². The SMILES string of the molecule is CC(Cl)c1nc2c(Br)cc(Cl)cc2s1. The van der Waals surface area contributed by atoms with E-state index in [4.69, 9.17) is 23.2 Å². The zero-order chi connectivity index (χ0) is 10.3. The average molecular weight is 311 g/mol. The number of thiazole rings is 1. The van der Waals surface area contributed by atoms with Gasteiger partial charge in [-0.3, -0.25) is 0 Å². The molecule has 1 atom stereocenters. The maximum Gasteiger partial charge on any atom is 0.112 e. The molecule has 1 unspecified atom stereocenters. The van der Waals surface area contributed by atoms with E-state index in [1.165, 1.54) is 0 Å². The van der Waals surface area contributed by atoms with Crippen molar-refractivity contribution < 1.29 is 0 Å². The van der Waals surface area contributed by atoms with Gasteiger partial charge in [0.2, 0.25) is 0 Å². The van der Waals surface area contributed by atoms with Crippen molar-refractivity contribution in [3.63, 3.8) is 0 Å². The number of rotatable bonds is 1. The first-order valence-corrected chi connectivity index (χ1v) is 6.40. The van der Waals surface area contributed by atoms with Crippen LogP contribution >= 0.6 is 50.5 Å². The summed E-state index contributed by atoms with van der Waals surface area (Å²) in [5.74, 6) is 0. The Bertz CT molecular complexity index is 481. The number of hydrogen-bond donors (Lipinski definition) is 0. The third-order valence-corrected chi connectivity index (χ3v) is 4.11. The van der Waals surface area contributed by atoms with Gasteiger partial charge in [0.25, 0.3) is 0 Å². The lowest BCUT2D eigenvalue weighted by molar-refractivity contribution is 1.06. The highest BCUT2D eigenvalue weighted by molar-refractivity contribution is 9.10. The first kappa shape index (κ1) is 10.7. The Morgan fingerprint density at radius 3 is 2.86 bits per heavy atom. The molecule has 0 spiro atoms. The number of halogens is 3. The molecule has 1 nitrogen and oxygen atoms in total. The minimum absolute atomic E-state index is 0.0573. The summed E-state index contributed by atoms with van der Waals surface area (Å²) in [5, 5.41) is 1.57. The van der Waals surface area contributed by atoms with Gasteiger partial charge in [-0.05, 0) is 35.0 Å². The van der Waals surface area contributed by atoms with Crippen LogP contribution in [0.1, 0.15) is 17.3 Å². The van der Waals surface area contributed by atoms with Gasteiger partial charge in [0.05, 0.1) is 15.6 Å². The number of alkyl halides is 1. The molecule has 0 fully saturated rings. The molecule has 0 amide bonds. The third kappa shape index (κ3) is 1.91. The molecular formula is C9H6BrCl2NS. The van der Waals surface area contributed by atoms with Crippen molar-refractivity contribution in [1.82, 2.24) is 4.98 Å². The maximum absolute atomic E-state index is 5.97. The van der Waals surface area contributed by atoms with Crippen LogP contribution in [0.2, 0.25) is 5.02 Å². The molecule has 0 bridgehead atoms. The van der Waals surface area contributed by atoms with Crippen LogP contribution in [0.4, 0.5) is 0 Å². The number of fused-ring (bicyclic) bond motifs is 1. The lowest BCUT2D eigenvalue weighted by Crippen LogP contribution is -1.80. The molecule has 5 heteroatoms. The van der Waals surface area contributed by atoms with Crippen LogP contribution in [0, 0.1) is 0 Å². The fraction of sp³-hybridized carbons (Fsp3) is 0.222. The van der Waals surface area contributed by atoms with Gasteiger partial charge in [-0.2, -0.15) is 0 Å². The van der Waals surface area contributed by atoms with Crippen LogP contribution in [0.25, 0.3) is 10.2 Å². The van der Waals surface area contributed by atoms with Gasteiger partial charge in [0.1, 0.15) is 5.01 Å². The largest absolute Gasteiger partial charge is 0.238 e. The van der Waals surface area contributed by atoms with E-state index in [-0.39, 0.29) is 5.38 Å². The summed E-state index contributed by atoms with van der Waals surface area (Å²) in [6.45, 7) is 1.91. The first-order valence-electron chi connectivity index (χ1n) is 3.97. The van der Waals surface area contributed by atoms with Crippen LogP contribution in [-0.4, -0.2) is 4.98 Å². The van der Waals surface area contributed by atoms with E-state index in [1.54, 1.807) is 11.3 Å². The highest BCUT2D eigenvalue weighted by atomic mass is 79.9. The topological polar surface area (TPSA) is 12.9 Å². The number of hydrogen-bond acceptors (Lipinski definition) is 2. The average Bonchev–Trinajstić information content (AvgIpc) is 2.47. The zero-order valence-corrected chi connectivity index (χ0v) is 11.1. The first-order chi connectivity index (χ1) is 6.58. The van der Waals surface area contributed by atoms with Crippen molar-refractivity contribution in [3.05, 3.63) is 26.6 Å². The van der Waals surface area contributed by atoms with Crippen molar-refractivity contribution in [2.75, 3.05) is 0 Å². The Balaban J connectivity index is 2.70. The summed E-state index contributed by atoms with van der Waals surface area (Å²) in [6, 6.07) is 3.74. The number of aromatic nitrogens is 1. The molecule has 0 radical (unpaired) electrons. The van der Waals surface area contributed by atoms with Crippen molar-refractivity contribution in [1.29, 1.82) is 0 Å². The molecule has 1 aromatic carbocycles. The Hall–Kier alpha value is 0.170. The van der Waals surface area contributed by atoms with Gasteiger partial charge < -0.3 is 0 Å². The van der Waals surface area contributed by atoms with E-state index in [0.29, 0.717) is 5.02 Å². The molecule has 0 aliphatic heterocycles. The predicted octanol–water partition coefficient (Wildman–Crippen LogP) is 5.01. The molecule has 0 aliphatic rings. The van der Waals surface area contributed by atoms with Crippen molar-refractivity contribution >= 4 is 60.7 Å². The van der Waals surface area contributed by atoms with Crippen molar-refractivity contribution in [2.45, 2.75) is 12.3 Å². The van der Waals surface area contributed by atoms with Crippen LogP contribution in [0.15, 0.2) is 16.6 Å². The molecule has 0 N–H and O–H groups in total. The summed E-state index contributed by atoms with van der Waals surface area (Å²) in [5.41, 5.74) is 0.932. The molecule has 2 aromatic rings. The summed E-state index contributed by atoms with van der Waals surface area (Å²) in [4.78, 5) is 4.43. The summed E-state index contributed by atoms with van der Waals surface area (Å²) in [6.07, 6.45) is 0. The summed E-state index contributed by atoms with van der Waals surface area (Å²) >= 11 is 16.9. The Morgan fingerprint density at radius 2 is 2.21 bits per heavy atom. The van der Waals surface area contributed by atoms with Gasteiger partial charge >= 0.3 is 0 Å². The minimum Gasteiger partial charge on any atom is -0.238 e. The van der Waals surface area contributed by atoms with Crippen LogP contribution < -0.4 is 0 Å². The quantitative estimate of drug-likeness (QED) is 0.675. The van der Waals surface area contributed by atoms with Crippen molar-refractivity contribution in [2.24, 2.45) is 0 Å². The molecule has 74 valence electrons. The number of benzene rings is 1. The number of nitrogens with zero attached hydrogens (tertiary/aromatic N) is 1. The molecule has 2 rings (SSSR count). The van der Waals surface area contributed by atoms with E-state index < -0.39 is 0 Å². The monoisotopic (exact) mass is 309 g/mol. The van der Waals surface area contributed by atoms with E-state index in [1.807, 2.05) is 19.1 Å². The van der Waals surface area contributed by atoms with Gasteiger partial charge in [-0.1, -0.05) is 11.6 Å². The lowest BCUT2D eigenvalue weighted by atomic mass is 10.3. The molecule has 1 heterocycles. The highest BCUT2D eigenvalue weighted by Gasteiger charge is 2.11. The van der Waals surface area contributed by atoms with Gasteiger partial charge in [0.15, 0.2) is 0 Å². The second kappa shape index (κ2) is 3.97. The smallest absolute Gasteiger partial charge is 0.112 e. The van der Waals surface area contributed by atoms with Crippen molar-refractivity contribution in [3.8, 4) is 0 Å². The van der Waals surface area contributed by atoms with Crippen LogP contribution in [-0.2, 0) is 0 Å². The molecule has 1 aromatic heterocycles. The standard InChI is InChI=1S/C9H6BrCl2NS/c1-4(11)9-13-8-6(10)2-5(12)3-7(8)14-9/h2-4H,1H3. The molecular weight excluding hydrogens is 305 g/mol. The lowest BCUT2D eigenvalue weighted by Gasteiger charge is -1.93. The normalized spacial score (nSPS) is 13.4. The summed E-state index contributed by atoms with van der Waals surface area (Å²) < 4.78 is 1.98. The Morgan fingerprint density at radius 1 is 1.50 bits per heavy atom. The third-order valence-electron chi connectivity index (χ3n) is 1.77. The van der Waals surface area contributed by atoms with E-state index in [9.17, 15) is 0 Å². The van der Waals surface area contributed by atoms with Gasteiger partial charge in [-0.25, -0.2) is 4.98 Å². The Kier molecular flexibility index (Phi) is 3.03. The predicted molar refractivity (Wildman–Crippen MR) is 66.6 cm³/mol.